The smallest absolute Gasteiger partial charge is 0.129 e. The van der Waals surface area contributed by atoms with Crippen molar-refractivity contribution in [1.82, 2.24) is 5.43 Å². The molecular formula is C10H12BrFN2. The van der Waals surface area contributed by atoms with Crippen LogP contribution in [0.2, 0.25) is 0 Å². The monoisotopic (exact) mass is 258 g/mol. The van der Waals surface area contributed by atoms with Gasteiger partial charge in [-0.3, -0.25) is 5.84 Å². The van der Waals surface area contributed by atoms with Crippen LogP contribution in [0.1, 0.15) is 18.5 Å². The van der Waals surface area contributed by atoms with Crippen LogP contribution in [0.25, 0.3) is 0 Å². The summed E-state index contributed by atoms with van der Waals surface area (Å²) in [7, 11) is 0. The third kappa shape index (κ3) is 2.41. The first-order chi connectivity index (χ1) is 6.56. The van der Waals surface area contributed by atoms with E-state index in [-0.39, 0.29) is 11.9 Å². The minimum absolute atomic E-state index is 0.301. The molecule has 0 saturated carbocycles. The first kappa shape index (κ1) is 11.4. The van der Waals surface area contributed by atoms with Crippen LogP contribution in [0.15, 0.2) is 34.8 Å². The summed E-state index contributed by atoms with van der Waals surface area (Å²) in [6, 6.07) is 4.51. The molecule has 1 aromatic carbocycles. The Balaban J connectivity index is 3.10. The number of rotatable bonds is 3. The Morgan fingerprint density at radius 1 is 1.64 bits per heavy atom. The lowest BCUT2D eigenvalue weighted by molar-refractivity contribution is 0.555. The van der Waals surface area contributed by atoms with Gasteiger partial charge in [0, 0.05) is 10.0 Å². The lowest BCUT2D eigenvalue weighted by Gasteiger charge is -2.16. The van der Waals surface area contributed by atoms with E-state index >= 15 is 0 Å². The molecule has 0 saturated heterocycles. The van der Waals surface area contributed by atoms with Crippen LogP contribution in [0.4, 0.5) is 4.39 Å². The third-order valence-corrected chi connectivity index (χ3v) is 2.43. The Hall–Kier alpha value is -0.710. The van der Waals surface area contributed by atoms with Crippen molar-refractivity contribution in [3.63, 3.8) is 0 Å². The highest BCUT2D eigenvalue weighted by Crippen LogP contribution is 2.24. The second-order valence-electron chi connectivity index (χ2n) is 3.11. The molecule has 4 heteroatoms. The average molecular weight is 259 g/mol. The van der Waals surface area contributed by atoms with Gasteiger partial charge in [0.2, 0.25) is 0 Å². The first-order valence-corrected chi connectivity index (χ1v) is 4.92. The zero-order valence-corrected chi connectivity index (χ0v) is 9.44. The molecule has 1 rings (SSSR count). The number of hydrogen-bond donors (Lipinski definition) is 2. The summed E-state index contributed by atoms with van der Waals surface area (Å²) in [5, 5.41) is 0. The first-order valence-electron chi connectivity index (χ1n) is 4.12. The Kier molecular flexibility index (Phi) is 3.80. The minimum atomic E-state index is -0.344. The van der Waals surface area contributed by atoms with Crippen LogP contribution in [-0.4, -0.2) is 0 Å². The predicted octanol–water partition coefficient (Wildman–Crippen LogP) is 2.67. The maximum absolute atomic E-state index is 13.5. The summed E-state index contributed by atoms with van der Waals surface area (Å²) in [5.41, 5.74) is 3.80. The van der Waals surface area contributed by atoms with Crippen molar-refractivity contribution in [1.29, 1.82) is 0 Å². The van der Waals surface area contributed by atoms with Gasteiger partial charge in [0.1, 0.15) is 5.82 Å². The Morgan fingerprint density at radius 2 is 2.29 bits per heavy atom. The minimum Gasteiger partial charge on any atom is -0.271 e. The number of benzene rings is 1. The van der Waals surface area contributed by atoms with E-state index in [0.717, 1.165) is 5.57 Å². The number of halogens is 2. The molecule has 14 heavy (non-hydrogen) atoms. The fourth-order valence-corrected chi connectivity index (χ4v) is 1.57. The molecule has 2 nitrogen and oxygen atoms in total. The molecule has 76 valence electrons. The van der Waals surface area contributed by atoms with Crippen LogP contribution in [0.5, 0.6) is 0 Å². The van der Waals surface area contributed by atoms with E-state index in [9.17, 15) is 4.39 Å². The lowest BCUT2D eigenvalue weighted by Crippen LogP contribution is -2.29. The predicted molar refractivity (Wildman–Crippen MR) is 59.0 cm³/mol. The van der Waals surface area contributed by atoms with Gasteiger partial charge in [-0.25, -0.2) is 9.82 Å². The summed E-state index contributed by atoms with van der Waals surface area (Å²) in [6.45, 7) is 5.54. The van der Waals surface area contributed by atoms with Crippen molar-refractivity contribution in [2.45, 2.75) is 13.0 Å². The summed E-state index contributed by atoms with van der Waals surface area (Å²) >= 11 is 3.19. The van der Waals surface area contributed by atoms with Crippen molar-refractivity contribution in [3.8, 4) is 0 Å². The molecule has 0 amide bonds. The van der Waals surface area contributed by atoms with Crippen molar-refractivity contribution >= 4 is 15.9 Å². The van der Waals surface area contributed by atoms with Crippen LogP contribution < -0.4 is 11.3 Å². The maximum Gasteiger partial charge on any atom is 0.129 e. The van der Waals surface area contributed by atoms with Crippen molar-refractivity contribution in [2.75, 3.05) is 0 Å². The van der Waals surface area contributed by atoms with Crippen LogP contribution >= 0.6 is 15.9 Å². The van der Waals surface area contributed by atoms with Crippen molar-refractivity contribution in [2.24, 2.45) is 5.84 Å². The summed E-state index contributed by atoms with van der Waals surface area (Å²) in [4.78, 5) is 0. The molecular weight excluding hydrogens is 247 g/mol. The topological polar surface area (TPSA) is 38.0 Å². The molecule has 0 aromatic heterocycles. The Bertz CT molecular complexity index is 352. The Morgan fingerprint density at radius 3 is 2.71 bits per heavy atom. The SMILES string of the molecule is C=C(C)C(NN)c1ccc(Br)cc1F. The van der Waals surface area contributed by atoms with Crippen molar-refractivity contribution < 1.29 is 4.39 Å². The lowest BCUT2D eigenvalue weighted by atomic mass is 10.0. The molecule has 0 spiro atoms. The van der Waals surface area contributed by atoms with Gasteiger partial charge in [0.25, 0.3) is 0 Å². The highest BCUT2D eigenvalue weighted by molar-refractivity contribution is 9.10. The van der Waals surface area contributed by atoms with Gasteiger partial charge < -0.3 is 0 Å². The van der Waals surface area contributed by atoms with Crippen LogP contribution in [0, 0.1) is 5.82 Å². The van der Waals surface area contributed by atoms with E-state index in [1.807, 2.05) is 0 Å². The molecule has 1 aromatic rings. The second-order valence-corrected chi connectivity index (χ2v) is 4.03. The summed E-state index contributed by atoms with van der Waals surface area (Å²) in [5.74, 6) is 5.02. The number of nitrogens with two attached hydrogens (primary N) is 1. The van der Waals surface area contributed by atoms with Crippen LogP contribution in [0.3, 0.4) is 0 Å². The van der Waals surface area contributed by atoms with E-state index in [1.54, 1.807) is 19.1 Å². The Labute approximate surface area is 91.1 Å². The van der Waals surface area contributed by atoms with Gasteiger partial charge in [0.05, 0.1) is 6.04 Å². The zero-order valence-electron chi connectivity index (χ0n) is 7.85. The molecule has 0 aliphatic rings. The molecule has 1 atom stereocenters. The van der Waals surface area contributed by atoms with Gasteiger partial charge in [-0.15, -0.1) is 0 Å². The molecule has 0 aliphatic carbocycles. The quantitative estimate of drug-likeness (QED) is 0.497. The van der Waals surface area contributed by atoms with Gasteiger partial charge >= 0.3 is 0 Å². The van der Waals surface area contributed by atoms with Gasteiger partial charge in [-0.05, 0) is 19.1 Å². The molecule has 1 unspecified atom stereocenters. The maximum atomic E-state index is 13.5. The van der Waals surface area contributed by atoms with E-state index in [4.69, 9.17) is 5.84 Å². The van der Waals surface area contributed by atoms with Gasteiger partial charge in [-0.2, -0.15) is 0 Å². The average Bonchev–Trinajstić information content (AvgIpc) is 2.09. The molecule has 0 aliphatic heterocycles. The highest BCUT2D eigenvalue weighted by Gasteiger charge is 2.14. The second kappa shape index (κ2) is 4.68. The molecule has 3 N–H and O–H groups in total. The zero-order chi connectivity index (χ0) is 10.7. The van der Waals surface area contributed by atoms with E-state index in [2.05, 4.69) is 27.9 Å². The van der Waals surface area contributed by atoms with Crippen molar-refractivity contribution in [3.05, 3.63) is 46.2 Å². The van der Waals surface area contributed by atoms with Crippen LogP contribution in [-0.2, 0) is 0 Å². The summed E-state index contributed by atoms with van der Waals surface area (Å²) in [6.07, 6.45) is 0. The molecule has 0 bridgehead atoms. The fourth-order valence-electron chi connectivity index (χ4n) is 1.23. The standard InChI is InChI=1S/C10H12BrFN2/c1-6(2)10(14-13)8-4-3-7(11)5-9(8)12/h3-5,10,14H,1,13H2,2H3. The summed E-state index contributed by atoms with van der Waals surface area (Å²) < 4.78 is 14.2. The molecule has 0 heterocycles. The number of hydrazine groups is 1. The van der Waals surface area contributed by atoms with E-state index < -0.39 is 0 Å². The highest BCUT2D eigenvalue weighted by atomic mass is 79.9. The fraction of sp³-hybridized carbons (Fsp3) is 0.200. The van der Waals surface area contributed by atoms with Gasteiger partial charge in [0.15, 0.2) is 0 Å². The third-order valence-electron chi connectivity index (χ3n) is 1.93. The largest absolute Gasteiger partial charge is 0.271 e. The van der Waals surface area contributed by atoms with E-state index in [1.165, 1.54) is 6.07 Å². The molecule has 0 fully saturated rings. The number of nitrogens with one attached hydrogen (secondary N) is 1. The van der Waals surface area contributed by atoms with E-state index in [0.29, 0.717) is 10.0 Å². The number of hydrogen-bond acceptors (Lipinski definition) is 2. The van der Waals surface area contributed by atoms with Gasteiger partial charge in [-0.1, -0.05) is 34.1 Å². The molecule has 0 radical (unpaired) electrons. The normalized spacial score (nSPS) is 12.6.